The van der Waals surface area contributed by atoms with E-state index in [0.717, 1.165) is 0 Å². The summed E-state index contributed by atoms with van der Waals surface area (Å²) in [7, 11) is 0. The quantitative estimate of drug-likeness (QED) is 0.123. The highest BCUT2D eigenvalue weighted by molar-refractivity contribution is 6.44. The van der Waals surface area contributed by atoms with Crippen LogP contribution in [-0.4, -0.2) is 0 Å². The van der Waals surface area contributed by atoms with Gasteiger partial charge in [0.25, 0.3) is 0 Å². The summed E-state index contributed by atoms with van der Waals surface area (Å²) in [6.07, 6.45) is 0. The average Bonchev–Trinajstić information content (AvgIpc) is 4.01. The van der Waals surface area contributed by atoms with Crippen LogP contribution in [0.2, 0.25) is 0 Å². The molecule has 0 heteroatoms. The number of hydrogen-bond acceptors (Lipinski definition) is 0. The summed E-state index contributed by atoms with van der Waals surface area (Å²) < 4.78 is 0. The zero-order valence-corrected chi connectivity index (χ0v) is 36.8. The second-order valence-electron chi connectivity index (χ2n) is 19.4. The van der Waals surface area contributed by atoms with E-state index >= 15 is 0 Å². The summed E-state index contributed by atoms with van der Waals surface area (Å²) in [6.45, 7) is 0. The van der Waals surface area contributed by atoms with Gasteiger partial charge >= 0.3 is 0 Å². The van der Waals surface area contributed by atoms with Crippen LogP contribution in [0.1, 0.15) is 0 Å². The fourth-order valence-electron chi connectivity index (χ4n) is 13.3. The van der Waals surface area contributed by atoms with Gasteiger partial charge in [-0.2, -0.15) is 0 Å². The van der Waals surface area contributed by atoms with Crippen LogP contribution in [0.3, 0.4) is 0 Å². The monoisotopic (exact) mass is 852 g/mol. The van der Waals surface area contributed by atoms with Crippen molar-refractivity contribution in [3.63, 3.8) is 0 Å². The zero-order valence-electron chi connectivity index (χ0n) is 36.8. The molecule has 0 aliphatic heterocycles. The van der Waals surface area contributed by atoms with Gasteiger partial charge in [0, 0.05) is 0 Å². The van der Waals surface area contributed by atoms with Gasteiger partial charge in [-0.3, -0.25) is 0 Å². The molecule has 16 aromatic rings. The summed E-state index contributed by atoms with van der Waals surface area (Å²) in [5.41, 5.74) is 12.9. The topological polar surface area (TPSA) is 0 Å². The fourth-order valence-corrected chi connectivity index (χ4v) is 13.3. The second kappa shape index (κ2) is 12.5. The van der Waals surface area contributed by atoms with Gasteiger partial charge < -0.3 is 0 Å². The minimum atomic E-state index is 1.23. The number of benzene rings is 14. The highest BCUT2D eigenvalue weighted by Gasteiger charge is 2.27. The molecule has 0 atom stereocenters. The Morgan fingerprint density at radius 2 is 0.529 bits per heavy atom. The molecule has 0 saturated heterocycles. The van der Waals surface area contributed by atoms with Crippen molar-refractivity contribution in [1.82, 2.24) is 0 Å². The summed E-state index contributed by atoms with van der Waals surface area (Å²) in [6, 6.07) is 83.0. The highest BCUT2D eigenvalue weighted by atomic mass is 14.3. The molecule has 0 saturated carbocycles. The molecule has 0 amide bonds. The predicted molar refractivity (Wildman–Crippen MR) is 293 cm³/mol. The molecule has 0 heterocycles. The van der Waals surface area contributed by atoms with Gasteiger partial charge in [-0.15, -0.1) is 0 Å². The first kappa shape index (κ1) is 35.4. The van der Waals surface area contributed by atoms with Crippen LogP contribution in [0.5, 0.6) is 0 Å². The van der Waals surface area contributed by atoms with Crippen molar-refractivity contribution in [2.45, 2.75) is 0 Å². The molecule has 1 aliphatic carbocycles. The molecule has 16 aromatic carbocycles. The van der Waals surface area contributed by atoms with Crippen molar-refractivity contribution in [2.75, 3.05) is 0 Å². The molecule has 308 valence electrons. The van der Waals surface area contributed by atoms with Crippen LogP contribution in [0, 0.1) is 0 Å². The SMILES string of the molecule is c1ccc(-c2cccc(-c3ccccc3)c2-c2ccc3c4cc5cc6c(cc5cc4c4cccc2c43)c2ccc3c4ccc5c7c(ccc(c8ccc6c2c38)c74)-c2cc3ccccc3cc2-5)cc1. The van der Waals surface area contributed by atoms with Crippen molar-refractivity contribution in [2.24, 2.45) is 0 Å². The van der Waals surface area contributed by atoms with Gasteiger partial charge in [-0.1, -0.05) is 182 Å². The Kier molecular flexibility index (Phi) is 6.53. The first-order chi connectivity index (χ1) is 33.7. The Morgan fingerprint density at radius 1 is 0.162 bits per heavy atom. The highest BCUT2D eigenvalue weighted by Crippen LogP contribution is 2.55. The van der Waals surface area contributed by atoms with Gasteiger partial charge in [0.2, 0.25) is 0 Å². The standard InChI is InChI=1S/C68H36/c1-3-11-37(12-4-1)43-17-9-18-44(38-13-5-2-6-14-38)63(43)47-21-26-52-60-34-42-36-62-56-30-25-51-49-23-28-54-58-32-40-16-8-7-15-39(40)31-57(58)53-27-22-48(65(49)67(53)54)50-24-29-55(68(56)66(50)51)61(62)35-41(42)33-59(60)46-20-10-19-45(47)64(46)52/h1-36H. The molecule has 0 fully saturated rings. The average molecular weight is 853 g/mol. The van der Waals surface area contributed by atoms with Crippen LogP contribution in [0.15, 0.2) is 218 Å². The lowest BCUT2D eigenvalue weighted by Crippen LogP contribution is -1.91. The van der Waals surface area contributed by atoms with E-state index in [2.05, 4.69) is 218 Å². The fraction of sp³-hybridized carbons (Fsp3) is 0. The van der Waals surface area contributed by atoms with E-state index in [1.54, 1.807) is 0 Å². The maximum Gasteiger partial charge on any atom is -0.00139 e. The zero-order chi connectivity index (χ0) is 43.9. The smallest absolute Gasteiger partial charge is 0.00139 e. The van der Waals surface area contributed by atoms with E-state index in [1.165, 1.54) is 174 Å². The van der Waals surface area contributed by atoms with Gasteiger partial charge in [0.1, 0.15) is 0 Å². The molecular formula is C68H36. The van der Waals surface area contributed by atoms with E-state index in [4.69, 9.17) is 0 Å². The molecule has 0 nitrogen and oxygen atoms in total. The van der Waals surface area contributed by atoms with Gasteiger partial charge in [-0.25, -0.2) is 0 Å². The van der Waals surface area contributed by atoms with Gasteiger partial charge in [0.05, 0.1) is 0 Å². The van der Waals surface area contributed by atoms with E-state index in [1.807, 2.05) is 0 Å². The summed E-state index contributed by atoms with van der Waals surface area (Å²) in [5.74, 6) is 0. The molecule has 0 unspecified atom stereocenters. The van der Waals surface area contributed by atoms with Gasteiger partial charge in [0.15, 0.2) is 0 Å². The molecule has 0 spiro atoms. The lowest BCUT2D eigenvalue weighted by atomic mass is 9.85. The van der Waals surface area contributed by atoms with E-state index in [-0.39, 0.29) is 0 Å². The van der Waals surface area contributed by atoms with E-state index < -0.39 is 0 Å². The van der Waals surface area contributed by atoms with Crippen LogP contribution < -0.4 is 0 Å². The largest absolute Gasteiger partial charge is 0.0622 e. The Balaban J connectivity index is 0.886. The third kappa shape index (κ3) is 4.37. The van der Waals surface area contributed by atoms with Gasteiger partial charge in [-0.05, 0) is 211 Å². The van der Waals surface area contributed by atoms with E-state index in [0.29, 0.717) is 0 Å². The molecule has 0 N–H and O–H groups in total. The number of fused-ring (bicyclic) bond motifs is 13. The maximum absolute atomic E-state index is 2.48. The summed E-state index contributed by atoms with van der Waals surface area (Å²) >= 11 is 0. The molecule has 0 bridgehead atoms. The molecule has 1 aliphatic rings. The molecule has 17 rings (SSSR count). The Bertz CT molecular complexity index is 4610. The normalized spacial score (nSPS) is 12.7. The lowest BCUT2D eigenvalue weighted by molar-refractivity contribution is 1.57. The summed E-state index contributed by atoms with van der Waals surface area (Å²) in [5, 5.41) is 29.4. The third-order valence-corrected chi connectivity index (χ3v) is 16.2. The van der Waals surface area contributed by atoms with Crippen molar-refractivity contribution in [3.05, 3.63) is 218 Å². The number of rotatable bonds is 3. The van der Waals surface area contributed by atoms with Crippen LogP contribution in [0.25, 0.3) is 174 Å². The minimum absolute atomic E-state index is 1.23. The van der Waals surface area contributed by atoms with Crippen molar-refractivity contribution < 1.29 is 0 Å². The molecule has 68 heavy (non-hydrogen) atoms. The first-order valence-corrected chi connectivity index (χ1v) is 23.9. The van der Waals surface area contributed by atoms with Crippen LogP contribution in [0.4, 0.5) is 0 Å². The molecule has 0 aromatic heterocycles. The van der Waals surface area contributed by atoms with E-state index in [9.17, 15) is 0 Å². The Morgan fingerprint density at radius 3 is 1.03 bits per heavy atom. The Hall–Kier alpha value is -8.84. The predicted octanol–water partition coefficient (Wildman–Crippen LogP) is 19.3. The van der Waals surface area contributed by atoms with Crippen LogP contribution in [-0.2, 0) is 0 Å². The Labute approximate surface area is 390 Å². The van der Waals surface area contributed by atoms with Crippen molar-refractivity contribution >= 4 is 118 Å². The maximum atomic E-state index is 2.48. The van der Waals surface area contributed by atoms with Crippen molar-refractivity contribution in [1.29, 1.82) is 0 Å². The molecule has 0 radical (unpaired) electrons. The lowest BCUT2D eigenvalue weighted by Gasteiger charge is -2.18. The third-order valence-electron chi connectivity index (χ3n) is 16.2. The molecular weight excluding hydrogens is 817 g/mol. The second-order valence-corrected chi connectivity index (χ2v) is 19.4. The van der Waals surface area contributed by atoms with Crippen molar-refractivity contribution in [3.8, 4) is 55.6 Å². The minimum Gasteiger partial charge on any atom is -0.0622 e. The summed E-state index contributed by atoms with van der Waals surface area (Å²) in [4.78, 5) is 0. The number of hydrogen-bond donors (Lipinski definition) is 0. The van der Waals surface area contributed by atoms with Crippen LogP contribution >= 0.6 is 0 Å². The first-order valence-electron chi connectivity index (χ1n) is 23.9.